The second-order valence-electron chi connectivity index (χ2n) is 4.25. The number of carbonyl (C=O) groups excluding carboxylic acids is 1. The summed E-state index contributed by atoms with van der Waals surface area (Å²) in [6, 6.07) is 9.22. The first-order valence-electron chi connectivity index (χ1n) is 5.85. The number of ketones is 1. The van der Waals surface area contributed by atoms with E-state index in [-0.39, 0.29) is 16.4 Å². The maximum absolute atomic E-state index is 12.1. The third-order valence-electron chi connectivity index (χ3n) is 2.78. The molecule has 0 aliphatic rings. The molecule has 0 bridgehead atoms. The lowest BCUT2D eigenvalue weighted by Gasteiger charge is -2.00. The van der Waals surface area contributed by atoms with E-state index >= 15 is 0 Å². The number of aryl methyl sites for hydroxylation is 1. The SMILES string of the molecule is CCc1ccc(C(=O)c2ccc(S(C)(=O)=O)cc2)o1. The van der Waals surface area contributed by atoms with Gasteiger partial charge in [-0.05, 0) is 36.4 Å². The first-order valence-corrected chi connectivity index (χ1v) is 7.74. The lowest BCUT2D eigenvalue weighted by molar-refractivity contribution is 0.101. The topological polar surface area (TPSA) is 64.3 Å². The molecule has 0 amide bonds. The lowest BCUT2D eigenvalue weighted by atomic mass is 10.1. The standard InChI is InChI=1S/C14H14O4S/c1-3-11-6-9-13(18-11)14(15)10-4-7-12(8-5-10)19(2,16)17/h4-9H,3H2,1-2H3. The molecule has 1 heterocycles. The minimum absolute atomic E-state index is 0.192. The van der Waals surface area contributed by atoms with Crippen LogP contribution in [0.15, 0.2) is 45.7 Å². The quantitative estimate of drug-likeness (QED) is 0.806. The molecule has 0 N–H and O–H groups in total. The molecule has 0 unspecified atom stereocenters. The molecule has 0 fully saturated rings. The normalized spacial score (nSPS) is 11.5. The summed E-state index contributed by atoms with van der Waals surface area (Å²) in [4.78, 5) is 12.3. The zero-order valence-corrected chi connectivity index (χ0v) is 11.5. The van der Waals surface area contributed by atoms with Crippen LogP contribution in [0.4, 0.5) is 0 Å². The van der Waals surface area contributed by atoms with E-state index in [2.05, 4.69) is 0 Å². The van der Waals surface area contributed by atoms with Crippen LogP contribution in [0.25, 0.3) is 0 Å². The van der Waals surface area contributed by atoms with E-state index in [1.54, 1.807) is 12.1 Å². The van der Waals surface area contributed by atoms with Crippen LogP contribution >= 0.6 is 0 Å². The third kappa shape index (κ3) is 2.93. The van der Waals surface area contributed by atoms with E-state index < -0.39 is 9.84 Å². The van der Waals surface area contributed by atoms with Crippen molar-refractivity contribution < 1.29 is 17.6 Å². The monoisotopic (exact) mass is 278 g/mol. The first kappa shape index (κ1) is 13.5. The molecule has 2 aromatic rings. The predicted molar refractivity (Wildman–Crippen MR) is 71.1 cm³/mol. The second-order valence-corrected chi connectivity index (χ2v) is 6.26. The lowest BCUT2D eigenvalue weighted by Crippen LogP contribution is -2.02. The molecular formula is C14H14O4S. The molecule has 4 nitrogen and oxygen atoms in total. The van der Waals surface area contributed by atoms with Crippen molar-refractivity contribution in [2.24, 2.45) is 0 Å². The minimum Gasteiger partial charge on any atom is -0.458 e. The van der Waals surface area contributed by atoms with E-state index in [4.69, 9.17) is 4.42 Å². The minimum atomic E-state index is -3.24. The van der Waals surface area contributed by atoms with E-state index in [0.717, 1.165) is 18.4 Å². The van der Waals surface area contributed by atoms with Crippen molar-refractivity contribution in [1.29, 1.82) is 0 Å². The molecule has 2 rings (SSSR count). The molecule has 0 aliphatic heterocycles. The molecule has 1 aromatic carbocycles. The Morgan fingerprint density at radius 3 is 2.21 bits per heavy atom. The molecule has 100 valence electrons. The van der Waals surface area contributed by atoms with Gasteiger partial charge in [0.25, 0.3) is 0 Å². The van der Waals surface area contributed by atoms with E-state index in [1.165, 1.54) is 24.3 Å². The summed E-state index contributed by atoms with van der Waals surface area (Å²) >= 11 is 0. The summed E-state index contributed by atoms with van der Waals surface area (Å²) in [5.74, 6) is 0.764. The summed E-state index contributed by atoms with van der Waals surface area (Å²) in [7, 11) is -3.24. The van der Waals surface area contributed by atoms with Crippen molar-refractivity contribution in [2.45, 2.75) is 18.2 Å². The fraction of sp³-hybridized carbons (Fsp3) is 0.214. The van der Waals surface area contributed by atoms with E-state index in [1.807, 2.05) is 6.92 Å². The highest BCUT2D eigenvalue weighted by molar-refractivity contribution is 7.90. The van der Waals surface area contributed by atoms with Crippen molar-refractivity contribution in [3.05, 3.63) is 53.5 Å². The van der Waals surface area contributed by atoms with Gasteiger partial charge in [-0.15, -0.1) is 0 Å². The first-order chi connectivity index (χ1) is 8.91. The van der Waals surface area contributed by atoms with Gasteiger partial charge in [-0.2, -0.15) is 0 Å². The average molecular weight is 278 g/mol. The van der Waals surface area contributed by atoms with E-state index in [0.29, 0.717) is 5.56 Å². The van der Waals surface area contributed by atoms with Crippen LogP contribution in [0.1, 0.15) is 28.8 Å². The predicted octanol–water partition coefficient (Wildman–Crippen LogP) is 2.48. The number of carbonyl (C=O) groups is 1. The van der Waals surface area contributed by atoms with Gasteiger partial charge >= 0.3 is 0 Å². The number of benzene rings is 1. The molecule has 1 aromatic heterocycles. The number of rotatable bonds is 4. The molecule has 0 saturated carbocycles. The van der Waals surface area contributed by atoms with Gasteiger partial charge in [0.15, 0.2) is 15.6 Å². The number of hydrogen-bond acceptors (Lipinski definition) is 4. The van der Waals surface area contributed by atoms with Crippen molar-refractivity contribution >= 4 is 15.6 Å². The largest absolute Gasteiger partial charge is 0.458 e. The average Bonchev–Trinajstić information content (AvgIpc) is 2.86. The Balaban J connectivity index is 2.30. The Morgan fingerprint density at radius 2 is 1.74 bits per heavy atom. The Kier molecular flexibility index (Phi) is 3.57. The summed E-state index contributed by atoms with van der Waals surface area (Å²) < 4.78 is 28.0. The highest BCUT2D eigenvalue weighted by Gasteiger charge is 2.14. The number of hydrogen-bond donors (Lipinski definition) is 0. The zero-order valence-electron chi connectivity index (χ0n) is 10.7. The molecule has 0 radical (unpaired) electrons. The van der Waals surface area contributed by atoms with Crippen LogP contribution in [0.2, 0.25) is 0 Å². The fourth-order valence-electron chi connectivity index (χ4n) is 1.69. The Bertz CT molecular complexity index is 693. The zero-order chi connectivity index (χ0) is 14.0. The molecule has 5 heteroatoms. The third-order valence-corrected chi connectivity index (χ3v) is 3.91. The number of sulfone groups is 1. The van der Waals surface area contributed by atoms with Crippen LogP contribution in [-0.4, -0.2) is 20.5 Å². The molecule has 0 aliphatic carbocycles. The summed E-state index contributed by atoms with van der Waals surface area (Å²) in [5.41, 5.74) is 0.407. The maximum Gasteiger partial charge on any atom is 0.228 e. The highest BCUT2D eigenvalue weighted by Crippen LogP contribution is 2.16. The van der Waals surface area contributed by atoms with Crippen LogP contribution in [-0.2, 0) is 16.3 Å². The Labute approximate surface area is 112 Å². The van der Waals surface area contributed by atoms with Crippen LogP contribution in [0.3, 0.4) is 0 Å². The summed E-state index contributed by atoms with van der Waals surface area (Å²) in [6.07, 6.45) is 1.85. The summed E-state index contributed by atoms with van der Waals surface area (Å²) in [5, 5.41) is 0. The Hall–Kier alpha value is -1.88. The van der Waals surface area contributed by atoms with Gasteiger partial charge in [0.2, 0.25) is 5.78 Å². The van der Waals surface area contributed by atoms with Crippen molar-refractivity contribution in [2.75, 3.05) is 6.26 Å². The van der Waals surface area contributed by atoms with Gasteiger partial charge in [-0.3, -0.25) is 4.79 Å². The molecule has 19 heavy (non-hydrogen) atoms. The van der Waals surface area contributed by atoms with Crippen molar-refractivity contribution in [3.63, 3.8) is 0 Å². The molecule has 0 spiro atoms. The molecule has 0 saturated heterocycles. The molecule has 0 atom stereocenters. The highest BCUT2D eigenvalue weighted by atomic mass is 32.2. The second kappa shape index (κ2) is 5.01. The van der Waals surface area contributed by atoms with Crippen LogP contribution in [0, 0.1) is 0 Å². The Morgan fingerprint density at radius 1 is 1.11 bits per heavy atom. The van der Waals surface area contributed by atoms with Gasteiger partial charge < -0.3 is 4.42 Å². The van der Waals surface area contributed by atoms with Gasteiger partial charge in [0.1, 0.15) is 5.76 Å². The van der Waals surface area contributed by atoms with Gasteiger partial charge in [-0.25, -0.2) is 8.42 Å². The van der Waals surface area contributed by atoms with Gasteiger partial charge in [-0.1, -0.05) is 6.92 Å². The fourth-order valence-corrected chi connectivity index (χ4v) is 2.32. The van der Waals surface area contributed by atoms with Crippen molar-refractivity contribution in [1.82, 2.24) is 0 Å². The summed E-state index contributed by atoms with van der Waals surface area (Å²) in [6.45, 7) is 1.94. The van der Waals surface area contributed by atoms with E-state index in [9.17, 15) is 13.2 Å². The van der Waals surface area contributed by atoms with Crippen molar-refractivity contribution in [3.8, 4) is 0 Å². The molecular weight excluding hydrogens is 264 g/mol. The number of furan rings is 1. The van der Waals surface area contributed by atoms with Crippen LogP contribution < -0.4 is 0 Å². The van der Waals surface area contributed by atoms with Gasteiger partial charge in [0, 0.05) is 18.2 Å². The van der Waals surface area contributed by atoms with Crippen LogP contribution in [0.5, 0.6) is 0 Å². The van der Waals surface area contributed by atoms with Gasteiger partial charge in [0.05, 0.1) is 4.90 Å². The maximum atomic E-state index is 12.1. The smallest absolute Gasteiger partial charge is 0.228 e.